The van der Waals surface area contributed by atoms with Crippen molar-refractivity contribution in [2.24, 2.45) is 5.16 Å². The average molecular weight is 387 g/mol. The number of halogens is 3. The molecule has 2 aromatic carbocycles. The molecule has 0 spiro atoms. The molecule has 0 bridgehead atoms. The van der Waals surface area contributed by atoms with Gasteiger partial charge in [0.2, 0.25) is 0 Å². The van der Waals surface area contributed by atoms with Crippen LogP contribution in [0.2, 0.25) is 0 Å². The number of alkyl halides is 3. The van der Waals surface area contributed by atoms with Gasteiger partial charge in [-0.05, 0) is 29.8 Å². The van der Waals surface area contributed by atoms with Gasteiger partial charge >= 0.3 is 12.1 Å². The van der Waals surface area contributed by atoms with Crippen LogP contribution in [0.25, 0.3) is 6.08 Å². The number of nitrogens with zero attached hydrogens (tertiary/aromatic N) is 1. The van der Waals surface area contributed by atoms with Gasteiger partial charge in [-0.15, -0.1) is 0 Å². The lowest BCUT2D eigenvalue weighted by Gasteiger charge is -2.09. The molecule has 0 saturated heterocycles. The summed E-state index contributed by atoms with van der Waals surface area (Å²) in [6, 6.07) is 11.9. The summed E-state index contributed by atoms with van der Waals surface area (Å²) in [7, 11) is 2.50. The van der Waals surface area contributed by atoms with Gasteiger partial charge in [-0.25, -0.2) is 4.79 Å². The summed E-state index contributed by atoms with van der Waals surface area (Å²) in [5.74, 6) is 4.77. The topological polar surface area (TPSA) is 47.9 Å². The molecule has 144 valence electrons. The number of methoxy groups -OCH3 is 1. The van der Waals surface area contributed by atoms with Crippen LogP contribution in [0, 0.1) is 11.8 Å². The van der Waals surface area contributed by atoms with E-state index >= 15 is 0 Å². The molecular formula is C21H16F3NO3. The monoisotopic (exact) mass is 387 g/mol. The zero-order valence-electron chi connectivity index (χ0n) is 15.1. The van der Waals surface area contributed by atoms with Gasteiger partial charge in [0.05, 0.1) is 12.7 Å². The lowest BCUT2D eigenvalue weighted by molar-refractivity contribution is -0.137. The van der Waals surface area contributed by atoms with Gasteiger partial charge in [0.1, 0.15) is 7.11 Å². The Labute approximate surface area is 160 Å². The van der Waals surface area contributed by atoms with E-state index in [9.17, 15) is 18.0 Å². The Morgan fingerprint density at radius 1 is 1.07 bits per heavy atom. The summed E-state index contributed by atoms with van der Waals surface area (Å²) >= 11 is 0. The number of hydrogen-bond acceptors (Lipinski definition) is 4. The molecule has 0 atom stereocenters. The molecule has 0 aliphatic carbocycles. The van der Waals surface area contributed by atoms with Crippen LogP contribution in [0.1, 0.15) is 22.3 Å². The molecule has 0 radical (unpaired) electrons. The van der Waals surface area contributed by atoms with Crippen LogP contribution in [-0.4, -0.2) is 25.9 Å². The van der Waals surface area contributed by atoms with E-state index < -0.39 is 17.7 Å². The number of esters is 1. The van der Waals surface area contributed by atoms with Crippen molar-refractivity contribution in [3.63, 3.8) is 0 Å². The molecule has 0 aliphatic heterocycles. The van der Waals surface area contributed by atoms with E-state index in [1.54, 1.807) is 24.3 Å². The highest BCUT2D eigenvalue weighted by atomic mass is 19.4. The van der Waals surface area contributed by atoms with Crippen LogP contribution in [0.5, 0.6) is 0 Å². The third kappa shape index (κ3) is 5.24. The van der Waals surface area contributed by atoms with Crippen molar-refractivity contribution in [2.45, 2.75) is 6.18 Å². The van der Waals surface area contributed by atoms with Gasteiger partial charge in [0.25, 0.3) is 0 Å². The second-order valence-electron chi connectivity index (χ2n) is 5.35. The maximum Gasteiger partial charge on any atom is 0.416 e. The number of allylic oxidation sites excluding steroid dienone is 1. The molecule has 0 amide bonds. The fourth-order valence-corrected chi connectivity index (χ4v) is 2.33. The third-order valence-electron chi connectivity index (χ3n) is 3.56. The molecule has 0 aromatic heterocycles. The van der Waals surface area contributed by atoms with Crippen LogP contribution in [0.4, 0.5) is 13.2 Å². The molecule has 28 heavy (non-hydrogen) atoms. The lowest BCUT2D eigenvalue weighted by atomic mass is 10.0. The molecule has 4 nitrogen and oxygen atoms in total. The first kappa shape index (κ1) is 20.8. The highest BCUT2D eigenvalue weighted by Crippen LogP contribution is 2.32. The Morgan fingerprint density at radius 2 is 1.75 bits per heavy atom. The number of carbonyl (C=O) groups excluding carboxylic acids is 1. The van der Waals surface area contributed by atoms with Gasteiger partial charge in [-0.2, -0.15) is 13.2 Å². The van der Waals surface area contributed by atoms with Crippen LogP contribution < -0.4 is 0 Å². The summed E-state index contributed by atoms with van der Waals surface area (Å²) < 4.78 is 43.7. The van der Waals surface area contributed by atoms with E-state index in [4.69, 9.17) is 0 Å². The first-order valence-electron chi connectivity index (χ1n) is 8.01. The minimum atomic E-state index is -4.45. The summed E-state index contributed by atoms with van der Waals surface area (Å²) in [5, 5.41) is 3.67. The zero-order valence-corrected chi connectivity index (χ0v) is 15.1. The molecule has 0 unspecified atom stereocenters. The predicted molar refractivity (Wildman–Crippen MR) is 99.4 cm³/mol. The normalized spacial score (nSPS) is 11.7. The van der Waals surface area contributed by atoms with Crippen molar-refractivity contribution in [1.82, 2.24) is 0 Å². The van der Waals surface area contributed by atoms with Crippen LogP contribution in [0.3, 0.4) is 0 Å². The van der Waals surface area contributed by atoms with Crippen molar-refractivity contribution < 1.29 is 27.5 Å². The van der Waals surface area contributed by atoms with Gasteiger partial charge in [0, 0.05) is 11.1 Å². The minimum absolute atomic E-state index is 0.00813. The van der Waals surface area contributed by atoms with Crippen LogP contribution >= 0.6 is 0 Å². The summed E-state index contributed by atoms with van der Waals surface area (Å²) in [5.41, 5.74) is 0.0222. The second kappa shape index (κ2) is 9.42. The Kier molecular flexibility index (Phi) is 6.99. The fraction of sp³-hybridized carbons (Fsp3) is 0.143. The SMILES string of the molecule is CO/N=C(\C(=O)OC)c1ccccc1C#C/C=C/c1ccccc1C(F)(F)F. The fourth-order valence-electron chi connectivity index (χ4n) is 2.33. The van der Waals surface area contributed by atoms with E-state index in [0.29, 0.717) is 11.1 Å². The molecule has 0 heterocycles. The predicted octanol–water partition coefficient (Wildman–Crippen LogP) is 4.29. The standard InChI is InChI=1S/C21H16F3NO3/c1-27-20(26)19(25-28-2)17-13-7-5-10-15(17)9-3-4-11-16-12-6-8-14-18(16)21(22,23)24/h4-8,10-14H,1-2H3/b11-4+,25-19-. The van der Waals surface area contributed by atoms with Gasteiger partial charge in [-0.1, -0.05) is 53.4 Å². The van der Waals surface area contributed by atoms with Crippen LogP contribution in [0.15, 0.2) is 59.8 Å². The quantitative estimate of drug-likeness (QED) is 0.340. The van der Waals surface area contributed by atoms with Crippen molar-refractivity contribution in [3.8, 4) is 11.8 Å². The second-order valence-corrected chi connectivity index (χ2v) is 5.35. The zero-order chi connectivity index (χ0) is 20.6. The van der Waals surface area contributed by atoms with E-state index in [2.05, 4.69) is 26.6 Å². The van der Waals surface area contributed by atoms with E-state index in [1.165, 1.54) is 44.6 Å². The number of benzene rings is 2. The molecule has 0 N–H and O–H groups in total. The Balaban J connectivity index is 2.36. The van der Waals surface area contributed by atoms with Crippen molar-refractivity contribution in [1.29, 1.82) is 0 Å². The Bertz CT molecular complexity index is 967. The maximum absolute atomic E-state index is 13.0. The van der Waals surface area contributed by atoms with E-state index in [0.717, 1.165) is 6.07 Å². The molecule has 0 aliphatic rings. The van der Waals surface area contributed by atoms with Crippen molar-refractivity contribution >= 4 is 17.8 Å². The largest absolute Gasteiger partial charge is 0.464 e. The van der Waals surface area contributed by atoms with Crippen LogP contribution in [-0.2, 0) is 20.5 Å². The number of oxime groups is 1. The number of ether oxygens (including phenoxy) is 1. The first-order chi connectivity index (χ1) is 13.4. The lowest BCUT2D eigenvalue weighted by Crippen LogP contribution is -2.18. The molecule has 2 rings (SSSR count). The van der Waals surface area contributed by atoms with Gasteiger partial charge < -0.3 is 9.57 Å². The highest BCUT2D eigenvalue weighted by Gasteiger charge is 2.32. The van der Waals surface area contributed by atoms with Crippen molar-refractivity contribution in [3.05, 3.63) is 76.9 Å². The molecule has 0 saturated carbocycles. The average Bonchev–Trinajstić information content (AvgIpc) is 2.69. The molecule has 2 aromatic rings. The highest BCUT2D eigenvalue weighted by molar-refractivity contribution is 6.43. The van der Waals surface area contributed by atoms with Gasteiger partial charge in [-0.3, -0.25) is 0 Å². The maximum atomic E-state index is 13.0. The summed E-state index contributed by atoms with van der Waals surface area (Å²) in [6.45, 7) is 0. The molecule has 7 heteroatoms. The van der Waals surface area contributed by atoms with E-state index in [-0.39, 0.29) is 11.3 Å². The third-order valence-corrected chi connectivity index (χ3v) is 3.56. The molecule has 0 fully saturated rings. The summed E-state index contributed by atoms with van der Waals surface area (Å²) in [6.07, 6.45) is -1.86. The Morgan fingerprint density at radius 3 is 2.43 bits per heavy atom. The van der Waals surface area contributed by atoms with E-state index in [1.807, 2.05) is 0 Å². The molecular weight excluding hydrogens is 371 g/mol. The number of rotatable bonds is 4. The Hall–Kier alpha value is -3.53. The minimum Gasteiger partial charge on any atom is -0.464 e. The van der Waals surface area contributed by atoms with Gasteiger partial charge in [0.15, 0.2) is 5.71 Å². The first-order valence-corrected chi connectivity index (χ1v) is 8.01. The summed E-state index contributed by atoms with van der Waals surface area (Å²) in [4.78, 5) is 16.6. The number of carbonyl (C=O) groups is 1. The van der Waals surface area contributed by atoms with Crippen molar-refractivity contribution in [2.75, 3.05) is 14.2 Å². The number of hydrogen-bond donors (Lipinski definition) is 0. The smallest absolute Gasteiger partial charge is 0.416 e.